The highest BCUT2D eigenvalue weighted by atomic mass is 19.4. The summed E-state index contributed by atoms with van der Waals surface area (Å²) in [6.45, 7) is 0. The van der Waals surface area contributed by atoms with E-state index in [1.807, 2.05) is 0 Å². The van der Waals surface area contributed by atoms with E-state index in [1.54, 1.807) is 0 Å². The summed E-state index contributed by atoms with van der Waals surface area (Å²) in [5, 5.41) is 0. The zero-order chi connectivity index (χ0) is 10.1. The first kappa shape index (κ1) is 9.83. The molecule has 0 aliphatic heterocycles. The number of hydrogen-bond acceptors (Lipinski definition) is 1. The summed E-state index contributed by atoms with van der Waals surface area (Å²) < 4.78 is 53.3. The maximum Gasteiger partial charge on any atom is 0.419 e. The quantitative estimate of drug-likeness (QED) is 0.624. The summed E-state index contributed by atoms with van der Waals surface area (Å²) in [7, 11) is 1.25. The fraction of sp³-hybridized carbons (Fsp3) is 0.250. The molecule has 5 heteroatoms. The summed E-state index contributed by atoms with van der Waals surface area (Å²) >= 11 is 0. The van der Waals surface area contributed by atoms with Crippen LogP contribution in [0.1, 0.15) is 5.56 Å². The fourth-order valence-electron chi connectivity index (χ4n) is 0.853. The molecule has 0 atom stereocenters. The van der Waals surface area contributed by atoms with Crippen LogP contribution in [0.5, 0.6) is 5.75 Å². The summed E-state index contributed by atoms with van der Waals surface area (Å²) in [6, 6.07) is 2.41. The third kappa shape index (κ3) is 2.11. The number of rotatable bonds is 1. The van der Waals surface area contributed by atoms with Crippen molar-refractivity contribution in [3.63, 3.8) is 0 Å². The van der Waals surface area contributed by atoms with Crippen LogP contribution in [-0.2, 0) is 6.18 Å². The first-order valence-electron chi connectivity index (χ1n) is 3.36. The van der Waals surface area contributed by atoms with Gasteiger partial charge in [-0.15, -0.1) is 0 Å². The van der Waals surface area contributed by atoms with Gasteiger partial charge in [0.1, 0.15) is 11.6 Å². The van der Waals surface area contributed by atoms with E-state index < -0.39 is 17.6 Å². The van der Waals surface area contributed by atoms with Crippen LogP contribution in [0, 0.1) is 5.82 Å². The third-order valence-corrected chi connectivity index (χ3v) is 1.48. The Kier molecular flexibility index (Phi) is 2.45. The van der Waals surface area contributed by atoms with Gasteiger partial charge in [0, 0.05) is 6.07 Å². The van der Waals surface area contributed by atoms with E-state index in [4.69, 9.17) is 0 Å². The molecular formula is C8H6F4O. The van der Waals surface area contributed by atoms with Crippen molar-refractivity contribution >= 4 is 0 Å². The Morgan fingerprint density at radius 3 is 2.23 bits per heavy atom. The molecule has 0 spiro atoms. The lowest BCUT2D eigenvalue weighted by Gasteiger charge is -2.08. The third-order valence-electron chi connectivity index (χ3n) is 1.48. The van der Waals surface area contributed by atoms with Crippen LogP contribution in [0.4, 0.5) is 17.6 Å². The maximum atomic E-state index is 12.7. The Morgan fingerprint density at radius 1 is 1.23 bits per heavy atom. The van der Waals surface area contributed by atoms with Crippen molar-refractivity contribution in [2.24, 2.45) is 0 Å². The van der Waals surface area contributed by atoms with Crippen molar-refractivity contribution in [1.29, 1.82) is 0 Å². The van der Waals surface area contributed by atoms with Crippen molar-refractivity contribution in [1.82, 2.24) is 0 Å². The van der Waals surface area contributed by atoms with Gasteiger partial charge in [-0.3, -0.25) is 0 Å². The molecule has 0 N–H and O–H groups in total. The lowest BCUT2D eigenvalue weighted by molar-refractivity contribution is -0.140. The first-order chi connectivity index (χ1) is 5.95. The Bertz CT molecular complexity index is 306. The van der Waals surface area contributed by atoms with E-state index in [9.17, 15) is 17.6 Å². The molecule has 0 radical (unpaired) electrons. The van der Waals surface area contributed by atoms with Crippen molar-refractivity contribution < 1.29 is 22.3 Å². The van der Waals surface area contributed by atoms with Gasteiger partial charge >= 0.3 is 6.18 Å². The molecule has 1 aromatic rings. The number of ether oxygens (including phenoxy) is 1. The van der Waals surface area contributed by atoms with Gasteiger partial charge in [0.2, 0.25) is 0 Å². The van der Waals surface area contributed by atoms with E-state index in [0.717, 1.165) is 6.07 Å². The van der Waals surface area contributed by atoms with Gasteiger partial charge in [0.05, 0.1) is 12.7 Å². The van der Waals surface area contributed by atoms with Gasteiger partial charge < -0.3 is 4.74 Å². The van der Waals surface area contributed by atoms with Crippen molar-refractivity contribution in [3.05, 3.63) is 29.6 Å². The SMILES string of the molecule is COc1ccc(C(F)(F)F)c(F)c1. The van der Waals surface area contributed by atoms with Crippen molar-refractivity contribution in [3.8, 4) is 5.75 Å². The second-order valence-corrected chi connectivity index (χ2v) is 2.34. The molecule has 1 nitrogen and oxygen atoms in total. The topological polar surface area (TPSA) is 9.23 Å². The summed E-state index contributed by atoms with van der Waals surface area (Å²) in [4.78, 5) is 0. The van der Waals surface area contributed by atoms with Gasteiger partial charge in [-0.1, -0.05) is 0 Å². The van der Waals surface area contributed by atoms with Gasteiger partial charge in [-0.25, -0.2) is 4.39 Å². The normalized spacial score (nSPS) is 11.5. The number of methoxy groups -OCH3 is 1. The Morgan fingerprint density at radius 2 is 1.85 bits per heavy atom. The molecule has 0 aromatic heterocycles. The molecule has 0 amide bonds. The molecule has 0 fully saturated rings. The zero-order valence-electron chi connectivity index (χ0n) is 6.65. The number of benzene rings is 1. The number of halogens is 4. The lowest BCUT2D eigenvalue weighted by atomic mass is 10.2. The molecule has 0 aliphatic rings. The molecule has 13 heavy (non-hydrogen) atoms. The van der Waals surface area contributed by atoms with Crippen LogP contribution >= 0.6 is 0 Å². The molecule has 0 unspecified atom stereocenters. The summed E-state index contributed by atoms with van der Waals surface area (Å²) in [5.41, 5.74) is -1.28. The average molecular weight is 194 g/mol. The highest BCUT2D eigenvalue weighted by Gasteiger charge is 2.33. The van der Waals surface area contributed by atoms with Crippen LogP contribution in [0.25, 0.3) is 0 Å². The highest BCUT2D eigenvalue weighted by molar-refractivity contribution is 5.30. The minimum Gasteiger partial charge on any atom is -0.497 e. The highest BCUT2D eigenvalue weighted by Crippen LogP contribution is 2.32. The van der Waals surface area contributed by atoms with E-state index in [-0.39, 0.29) is 5.75 Å². The van der Waals surface area contributed by atoms with E-state index >= 15 is 0 Å². The van der Waals surface area contributed by atoms with Crippen LogP contribution < -0.4 is 4.74 Å². The summed E-state index contributed by atoms with van der Waals surface area (Å²) in [5.74, 6) is -1.27. The number of alkyl halides is 3. The zero-order valence-corrected chi connectivity index (χ0v) is 6.65. The van der Waals surface area contributed by atoms with E-state index in [1.165, 1.54) is 7.11 Å². The fourth-order valence-corrected chi connectivity index (χ4v) is 0.853. The predicted octanol–water partition coefficient (Wildman–Crippen LogP) is 2.85. The monoisotopic (exact) mass is 194 g/mol. The molecule has 0 saturated carbocycles. The largest absolute Gasteiger partial charge is 0.497 e. The summed E-state index contributed by atoms with van der Waals surface area (Å²) in [6.07, 6.45) is -4.66. The second-order valence-electron chi connectivity index (χ2n) is 2.34. The van der Waals surface area contributed by atoms with E-state index in [2.05, 4.69) is 4.74 Å². The predicted molar refractivity (Wildman–Crippen MR) is 38.0 cm³/mol. The minimum absolute atomic E-state index is 0.0606. The maximum absolute atomic E-state index is 12.7. The minimum atomic E-state index is -4.66. The van der Waals surface area contributed by atoms with Gasteiger partial charge in [-0.05, 0) is 12.1 Å². The molecule has 1 rings (SSSR count). The van der Waals surface area contributed by atoms with Gasteiger partial charge in [0.15, 0.2) is 0 Å². The Balaban J connectivity index is 3.13. The Labute approximate surface area is 71.9 Å². The lowest BCUT2D eigenvalue weighted by Crippen LogP contribution is -2.07. The molecule has 0 aliphatic carbocycles. The van der Waals surface area contributed by atoms with Crippen LogP contribution in [0.3, 0.4) is 0 Å². The van der Waals surface area contributed by atoms with Crippen molar-refractivity contribution in [2.75, 3.05) is 7.11 Å². The second kappa shape index (κ2) is 3.24. The van der Waals surface area contributed by atoms with Crippen molar-refractivity contribution in [2.45, 2.75) is 6.18 Å². The Hall–Kier alpha value is -1.26. The molecular weight excluding hydrogens is 188 g/mol. The van der Waals surface area contributed by atoms with E-state index in [0.29, 0.717) is 12.1 Å². The smallest absolute Gasteiger partial charge is 0.419 e. The molecule has 72 valence electrons. The molecule has 0 saturated heterocycles. The molecule has 1 aromatic carbocycles. The van der Waals surface area contributed by atoms with Gasteiger partial charge in [-0.2, -0.15) is 13.2 Å². The first-order valence-corrected chi connectivity index (χ1v) is 3.36. The molecule has 0 heterocycles. The van der Waals surface area contributed by atoms with Crippen LogP contribution in [0.2, 0.25) is 0 Å². The van der Waals surface area contributed by atoms with Crippen LogP contribution in [-0.4, -0.2) is 7.11 Å². The standard InChI is InChI=1S/C8H6F4O/c1-13-5-2-3-6(7(9)4-5)8(10,11)12/h2-4H,1H3. The molecule has 0 bridgehead atoms. The average Bonchev–Trinajstić information content (AvgIpc) is 2.01. The van der Waals surface area contributed by atoms with Crippen LogP contribution in [0.15, 0.2) is 18.2 Å². The van der Waals surface area contributed by atoms with Gasteiger partial charge in [0.25, 0.3) is 0 Å². The number of hydrogen-bond donors (Lipinski definition) is 0.